The van der Waals surface area contributed by atoms with Gasteiger partial charge in [0.2, 0.25) is 0 Å². The van der Waals surface area contributed by atoms with E-state index in [9.17, 15) is 10.1 Å². The first-order valence-electron chi connectivity index (χ1n) is 6.55. The number of hydrogen-bond donors (Lipinski definition) is 1. The molecule has 21 heavy (non-hydrogen) atoms. The van der Waals surface area contributed by atoms with Crippen molar-refractivity contribution in [2.24, 2.45) is 0 Å². The van der Waals surface area contributed by atoms with Crippen molar-refractivity contribution in [1.82, 2.24) is 9.55 Å². The van der Waals surface area contributed by atoms with Crippen molar-refractivity contribution in [2.45, 2.75) is 12.3 Å². The molecule has 1 aromatic carbocycles. The van der Waals surface area contributed by atoms with E-state index < -0.39 is 0 Å². The average Bonchev–Trinajstić information content (AvgIpc) is 2.90. The van der Waals surface area contributed by atoms with Gasteiger partial charge in [-0.1, -0.05) is 24.3 Å². The smallest absolute Gasteiger partial charge is 0.265 e. The molecule has 0 radical (unpaired) electrons. The molecule has 1 aromatic heterocycles. The van der Waals surface area contributed by atoms with Crippen LogP contribution in [-0.2, 0) is 0 Å². The lowest BCUT2D eigenvalue weighted by Crippen LogP contribution is -2.04. The highest BCUT2D eigenvalue weighted by atomic mass is 32.1. The van der Waals surface area contributed by atoms with E-state index >= 15 is 0 Å². The fourth-order valence-corrected chi connectivity index (χ4v) is 2.63. The second-order valence-corrected chi connectivity index (χ2v) is 5.19. The Morgan fingerprint density at radius 3 is 2.71 bits per heavy atom. The average molecular weight is 299 g/mol. The van der Waals surface area contributed by atoms with Gasteiger partial charge in [-0.2, -0.15) is 0 Å². The second-order valence-electron chi connectivity index (χ2n) is 4.81. The van der Waals surface area contributed by atoms with Crippen LogP contribution in [0.1, 0.15) is 18.0 Å². The minimum absolute atomic E-state index is 0.0837. The van der Waals surface area contributed by atoms with Crippen LogP contribution >= 0.6 is 12.2 Å². The summed E-state index contributed by atoms with van der Waals surface area (Å²) in [6.07, 6.45) is 7.58. The zero-order valence-corrected chi connectivity index (χ0v) is 11.9. The SMILES string of the molecule is O=[N+]([O-])C1=CCC(c2cn(-c3ccccc3)c(=S)[nH]2)C=C1. The molecule has 0 bridgehead atoms. The third kappa shape index (κ3) is 2.71. The Hall–Kier alpha value is -2.47. The molecule has 1 N–H and O–H groups in total. The number of allylic oxidation sites excluding steroid dienone is 3. The predicted octanol–water partition coefficient (Wildman–Crippen LogP) is 3.74. The van der Waals surface area contributed by atoms with Crippen molar-refractivity contribution in [3.63, 3.8) is 0 Å². The molecule has 6 heteroatoms. The maximum Gasteiger partial charge on any atom is 0.265 e. The van der Waals surface area contributed by atoms with E-state index in [1.54, 1.807) is 12.2 Å². The molecule has 5 nitrogen and oxygen atoms in total. The molecule has 1 unspecified atom stereocenters. The van der Waals surface area contributed by atoms with Crippen LogP contribution in [0.4, 0.5) is 0 Å². The van der Waals surface area contributed by atoms with Crippen LogP contribution in [0.15, 0.2) is 60.5 Å². The van der Waals surface area contributed by atoms with Gasteiger partial charge in [-0.25, -0.2) is 0 Å². The number of para-hydroxylation sites is 1. The van der Waals surface area contributed by atoms with E-state index in [1.165, 1.54) is 0 Å². The van der Waals surface area contributed by atoms with E-state index in [-0.39, 0.29) is 16.5 Å². The molecule has 1 heterocycles. The summed E-state index contributed by atoms with van der Waals surface area (Å²) in [7, 11) is 0. The Bertz CT molecular complexity index is 787. The highest BCUT2D eigenvalue weighted by molar-refractivity contribution is 7.71. The van der Waals surface area contributed by atoms with Gasteiger partial charge < -0.3 is 4.98 Å². The van der Waals surface area contributed by atoms with Crippen molar-refractivity contribution >= 4 is 12.2 Å². The molecule has 2 aromatic rings. The zero-order chi connectivity index (χ0) is 14.8. The van der Waals surface area contributed by atoms with Crippen LogP contribution in [0.2, 0.25) is 0 Å². The van der Waals surface area contributed by atoms with Crippen LogP contribution < -0.4 is 0 Å². The molecule has 0 aliphatic heterocycles. The third-order valence-corrected chi connectivity index (χ3v) is 3.76. The van der Waals surface area contributed by atoms with Crippen LogP contribution in [0.25, 0.3) is 5.69 Å². The van der Waals surface area contributed by atoms with Gasteiger partial charge in [-0.3, -0.25) is 14.7 Å². The van der Waals surface area contributed by atoms with Crippen LogP contribution in [-0.4, -0.2) is 14.5 Å². The highest BCUT2D eigenvalue weighted by Crippen LogP contribution is 2.26. The van der Waals surface area contributed by atoms with Crippen molar-refractivity contribution in [2.75, 3.05) is 0 Å². The summed E-state index contributed by atoms with van der Waals surface area (Å²) in [5, 5.41) is 10.7. The van der Waals surface area contributed by atoms with Crippen molar-refractivity contribution in [3.8, 4) is 5.69 Å². The molecule has 1 aliphatic rings. The van der Waals surface area contributed by atoms with Gasteiger partial charge in [-0.05, 0) is 36.8 Å². The largest absolute Gasteiger partial charge is 0.334 e. The summed E-state index contributed by atoms with van der Waals surface area (Å²) >= 11 is 5.35. The minimum Gasteiger partial charge on any atom is -0.334 e. The Morgan fingerprint density at radius 2 is 2.10 bits per heavy atom. The standard InChI is InChI=1S/C15H13N3O2S/c19-18(20)13-8-6-11(7-9-13)14-10-17(15(21)16-14)12-4-2-1-3-5-12/h1-6,8-11H,7H2,(H,16,21). The van der Waals surface area contributed by atoms with Crippen molar-refractivity contribution < 1.29 is 4.92 Å². The molecule has 0 saturated heterocycles. The molecule has 1 atom stereocenters. The number of aromatic nitrogens is 2. The molecule has 0 spiro atoms. The molecule has 0 saturated carbocycles. The summed E-state index contributed by atoms with van der Waals surface area (Å²) in [4.78, 5) is 13.5. The maximum atomic E-state index is 10.7. The third-order valence-electron chi connectivity index (χ3n) is 3.46. The number of rotatable bonds is 3. The lowest BCUT2D eigenvalue weighted by molar-refractivity contribution is -0.419. The van der Waals surface area contributed by atoms with Gasteiger partial charge in [0.25, 0.3) is 5.70 Å². The number of H-pyrrole nitrogens is 1. The summed E-state index contributed by atoms with van der Waals surface area (Å²) in [6, 6.07) is 9.82. The molecular formula is C15H13N3O2S. The second kappa shape index (κ2) is 5.49. The van der Waals surface area contributed by atoms with E-state index in [2.05, 4.69) is 4.98 Å². The molecule has 0 amide bonds. The summed E-state index contributed by atoms with van der Waals surface area (Å²) in [5.74, 6) is 0.0837. The Labute approximate surface area is 126 Å². The number of nitro groups is 1. The lowest BCUT2D eigenvalue weighted by atomic mass is 9.97. The first-order chi connectivity index (χ1) is 10.1. The fourth-order valence-electron chi connectivity index (χ4n) is 2.36. The van der Waals surface area contributed by atoms with E-state index in [4.69, 9.17) is 12.2 Å². The normalized spacial score (nSPS) is 17.5. The quantitative estimate of drug-likeness (QED) is 0.533. The first-order valence-corrected chi connectivity index (χ1v) is 6.96. The molecule has 3 rings (SSSR count). The van der Waals surface area contributed by atoms with Crippen molar-refractivity contribution in [1.29, 1.82) is 0 Å². The molecule has 1 aliphatic carbocycles. The van der Waals surface area contributed by atoms with Crippen LogP contribution in [0.3, 0.4) is 0 Å². The Kier molecular flexibility index (Phi) is 3.53. The summed E-state index contributed by atoms with van der Waals surface area (Å²) in [6.45, 7) is 0. The first kappa shape index (κ1) is 13.5. The zero-order valence-electron chi connectivity index (χ0n) is 11.1. The maximum absolute atomic E-state index is 10.7. The predicted molar refractivity (Wildman–Crippen MR) is 82.5 cm³/mol. The van der Waals surface area contributed by atoms with E-state index in [0.29, 0.717) is 11.2 Å². The minimum atomic E-state index is -0.371. The Balaban J connectivity index is 1.88. The Morgan fingerprint density at radius 1 is 1.33 bits per heavy atom. The number of benzene rings is 1. The van der Waals surface area contributed by atoms with Gasteiger partial charge in [0.1, 0.15) is 0 Å². The van der Waals surface area contributed by atoms with Gasteiger partial charge in [0, 0.05) is 29.6 Å². The van der Waals surface area contributed by atoms with E-state index in [1.807, 2.05) is 47.2 Å². The molecule has 106 valence electrons. The molecule has 0 fully saturated rings. The van der Waals surface area contributed by atoms with Gasteiger partial charge >= 0.3 is 0 Å². The summed E-state index contributed by atoms with van der Waals surface area (Å²) < 4.78 is 2.53. The number of aromatic amines is 1. The van der Waals surface area contributed by atoms with Gasteiger partial charge in [0.05, 0.1) is 4.92 Å². The monoisotopic (exact) mass is 299 g/mol. The fraction of sp³-hybridized carbons (Fsp3) is 0.133. The van der Waals surface area contributed by atoms with Crippen LogP contribution in [0, 0.1) is 14.9 Å². The topological polar surface area (TPSA) is 63.9 Å². The molecular weight excluding hydrogens is 286 g/mol. The number of imidazole rings is 1. The van der Waals surface area contributed by atoms with Gasteiger partial charge in [-0.15, -0.1) is 0 Å². The number of nitrogens with one attached hydrogen (secondary N) is 1. The summed E-state index contributed by atoms with van der Waals surface area (Å²) in [5.41, 5.74) is 2.09. The number of hydrogen-bond acceptors (Lipinski definition) is 3. The van der Waals surface area contributed by atoms with Crippen molar-refractivity contribution in [3.05, 3.63) is 81.0 Å². The lowest BCUT2D eigenvalue weighted by Gasteiger charge is -2.10. The van der Waals surface area contributed by atoms with E-state index in [0.717, 1.165) is 11.4 Å². The number of nitrogens with zero attached hydrogens (tertiary/aromatic N) is 2. The highest BCUT2D eigenvalue weighted by Gasteiger charge is 2.18. The van der Waals surface area contributed by atoms with Gasteiger partial charge in [0.15, 0.2) is 4.77 Å². The van der Waals surface area contributed by atoms with Crippen LogP contribution in [0.5, 0.6) is 0 Å².